The quantitative estimate of drug-likeness (QED) is 0.621. The Morgan fingerprint density at radius 3 is 2.68 bits per heavy atom. The van der Waals surface area contributed by atoms with Crippen LogP contribution in [0.3, 0.4) is 0 Å². The molecule has 2 aromatic carbocycles. The minimum Gasteiger partial charge on any atom is -0.497 e. The minimum absolute atomic E-state index is 0.0132. The van der Waals surface area contributed by atoms with E-state index in [0.29, 0.717) is 13.0 Å². The number of nitrogens with one attached hydrogen (secondary N) is 1. The monoisotopic (exact) mass is 396 g/mol. The number of hydrogen-bond donors (Lipinski definition) is 1. The summed E-state index contributed by atoms with van der Waals surface area (Å²) in [6.45, 7) is 4.56. The highest BCUT2D eigenvalue weighted by atomic mass is 32.1. The minimum atomic E-state index is -0.132. The number of methoxy groups -OCH3 is 1. The van der Waals surface area contributed by atoms with Gasteiger partial charge in [0.25, 0.3) is 5.91 Å². The van der Waals surface area contributed by atoms with Crippen molar-refractivity contribution in [3.63, 3.8) is 0 Å². The van der Waals surface area contributed by atoms with E-state index in [2.05, 4.69) is 10.3 Å². The number of carbonyl (C=O) groups is 1. The molecule has 0 radical (unpaired) electrons. The van der Waals surface area contributed by atoms with Gasteiger partial charge in [-0.2, -0.15) is 0 Å². The fourth-order valence-electron chi connectivity index (χ4n) is 2.70. The highest BCUT2D eigenvalue weighted by Gasteiger charge is 2.08. The number of benzene rings is 2. The van der Waals surface area contributed by atoms with E-state index >= 15 is 0 Å². The van der Waals surface area contributed by atoms with Crippen LogP contribution in [0, 0.1) is 13.8 Å². The van der Waals surface area contributed by atoms with Gasteiger partial charge in [0.2, 0.25) is 0 Å². The lowest BCUT2D eigenvalue weighted by Crippen LogP contribution is -2.30. The van der Waals surface area contributed by atoms with Gasteiger partial charge in [-0.15, -0.1) is 11.3 Å². The van der Waals surface area contributed by atoms with Crippen molar-refractivity contribution < 1.29 is 14.3 Å². The molecule has 146 valence electrons. The molecule has 1 aromatic heterocycles. The molecule has 3 rings (SSSR count). The van der Waals surface area contributed by atoms with Crippen LogP contribution in [-0.4, -0.2) is 31.2 Å². The van der Waals surface area contributed by atoms with Crippen LogP contribution in [0.1, 0.15) is 16.1 Å². The number of ether oxygens (including phenoxy) is 2. The molecule has 0 aliphatic heterocycles. The van der Waals surface area contributed by atoms with Crippen molar-refractivity contribution in [1.29, 1.82) is 0 Å². The second-order valence-corrected chi connectivity index (χ2v) is 7.38. The van der Waals surface area contributed by atoms with Crippen molar-refractivity contribution in [2.24, 2.45) is 0 Å². The van der Waals surface area contributed by atoms with Crippen molar-refractivity contribution in [2.75, 3.05) is 20.3 Å². The molecule has 28 heavy (non-hydrogen) atoms. The SMILES string of the molecule is COc1ccc(-c2csc(CCNC(=O)COc3cccc(C)c3C)n2)cc1. The van der Waals surface area contributed by atoms with E-state index in [4.69, 9.17) is 9.47 Å². The Balaban J connectivity index is 1.45. The standard InChI is InChI=1S/C22H24N2O3S/c1-15-5-4-6-20(16(15)2)27-13-21(25)23-12-11-22-24-19(14-28-22)17-7-9-18(26-3)10-8-17/h4-10,14H,11-13H2,1-3H3,(H,23,25). The van der Waals surface area contributed by atoms with Crippen LogP contribution in [0.25, 0.3) is 11.3 Å². The van der Waals surface area contributed by atoms with Gasteiger partial charge in [0.05, 0.1) is 17.8 Å². The number of thiazole rings is 1. The molecule has 0 aliphatic carbocycles. The Labute approximate surface area is 169 Å². The molecule has 0 saturated heterocycles. The first-order valence-electron chi connectivity index (χ1n) is 9.11. The lowest BCUT2D eigenvalue weighted by Gasteiger charge is -2.10. The van der Waals surface area contributed by atoms with Crippen LogP contribution in [0.15, 0.2) is 47.8 Å². The van der Waals surface area contributed by atoms with E-state index in [1.54, 1.807) is 18.4 Å². The second kappa shape index (κ2) is 9.37. The summed E-state index contributed by atoms with van der Waals surface area (Å²) in [6.07, 6.45) is 0.691. The first-order chi connectivity index (χ1) is 13.6. The molecule has 3 aromatic rings. The Hall–Kier alpha value is -2.86. The average molecular weight is 397 g/mol. The molecule has 1 heterocycles. The maximum absolute atomic E-state index is 12.0. The van der Waals surface area contributed by atoms with Gasteiger partial charge in [-0.1, -0.05) is 12.1 Å². The summed E-state index contributed by atoms with van der Waals surface area (Å²) in [6, 6.07) is 13.7. The predicted molar refractivity (Wildman–Crippen MR) is 112 cm³/mol. The van der Waals surface area contributed by atoms with E-state index in [-0.39, 0.29) is 12.5 Å². The normalized spacial score (nSPS) is 10.5. The molecule has 1 N–H and O–H groups in total. The fourth-order valence-corrected chi connectivity index (χ4v) is 3.51. The summed E-state index contributed by atoms with van der Waals surface area (Å²) in [5.74, 6) is 1.44. The smallest absolute Gasteiger partial charge is 0.257 e. The first-order valence-corrected chi connectivity index (χ1v) is 9.99. The van der Waals surface area contributed by atoms with Crippen LogP contribution in [0.4, 0.5) is 0 Å². The highest BCUT2D eigenvalue weighted by molar-refractivity contribution is 7.09. The van der Waals surface area contributed by atoms with Crippen LogP contribution in [0.5, 0.6) is 11.5 Å². The summed E-state index contributed by atoms with van der Waals surface area (Å²) in [7, 11) is 1.65. The third kappa shape index (κ3) is 5.10. The molecule has 0 unspecified atom stereocenters. The van der Waals surface area contributed by atoms with Crippen molar-refractivity contribution in [2.45, 2.75) is 20.3 Å². The third-order valence-corrected chi connectivity index (χ3v) is 5.42. The second-order valence-electron chi connectivity index (χ2n) is 6.44. The van der Waals surface area contributed by atoms with E-state index in [1.165, 1.54) is 0 Å². The molecule has 0 fully saturated rings. The summed E-state index contributed by atoms with van der Waals surface area (Å²) in [4.78, 5) is 16.7. The molecule has 0 aliphatic rings. The highest BCUT2D eigenvalue weighted by Crippen LogP contribution is 2.24. The zero-order valence-corrected chi connectivity index (χ0v) is 17.1. The molecule has 0 atom stereocenters. The average Bonchev–Trinajstić information content (AvgIpc) is 3.18. The van der Waals surface area contributed by atoms with Crippen molar-refractivity contribution in [3.05, 3.63) is 64.0 Å². The Bertz CT molecular complexity index is 935. The van der Waals surface area contributed by atoms with E-state index < -0.39 is 0 Å². The lowest BCUT2D eigenvalue weighted by atomic mass is 10.1. The summed E-state index contributed by atoms with van der Waals surface area (Å²) < 4.78 is 10.8. The van der Waals surface area contributed by atoms with Gasteiger partial charge >= 0.3 is 0 Å². The zero-order chi connectivity index (χ0) is 19.9. The van der Waals surface area contributed by atoms with Gasteiger partial charge in [-0.05, 0) is 55.3 Å². The fraction of sp³-hybridized carbons (Fsp3) is 0.273. The Kier molecular flexibility index (Phi) is 6.66. The Morgan fingerprint density at radius 2 is 1.93 bits per heavy atom. The first kappa shape index (κ1) is 19.9. The van der Waals surface area contributed by atoms with Crippen LogP contribution < -0.4 is 14.8 Å². The zero-order valence-electron chi connectivity index (χ0n) is 16.3. The van der Waals surface area contributed by atoms with Crippen molar-refractivity contribution in [3.8, 4) is 22.8 Å². The summed E-state index contributed by atoms with van der Waals surface area (Å²) in [5, 5.41) is 5.90. The molecular formula is C22H24N2O3S. The lowest BCUT2D eigenvalue weighted by molar-refractivity contribution is -0.123. The van der Waals surface area contributed by atoms with Gasteiger partial charge in [0.1, 0.15) is 11.5 Å². The molecule has 1 amide bonds. The maximum atomic E-state index is 12.0. The van der Waals surface area contributed by atoms with Crippen LogP contribution in [-0.2, 0) is 11.2 Å². The van der Waals surface area contributed by atoms with Gasteiger partial charge in [0, 0.05) is 23.9 Å². The largest absolute Gasteiger partial charge is 0.497 e. The number of nitrogens with zero attached hydrogens (tertiary/aromatic N) is 1. The maximum Gasteiger partial charge on any atom is 0.257 e. The van der Waals surface area contributed by atoms with E-state index in [0.717, 1.165) is 38.9 Å². The van der Waals surface area contributed by atoms with Gasteiger partial charge in [-0.25, -0.2) is 4.98 Å². The number of aromatic nitrogens is 1. The summed E-state index contributed by atoms with van der Waals surface area (Å²) >= 11 is 1.59. The molecule has 0 saturated carbocycles. The van der Waals surface area contributed by atoms with Crippen LogP contribution in [0.2, 0.25) is 0 Å². The number of carbonyl (C=O) groups excluding carboxylic acids is 1. The van der Waals surface area contributed by atoms with E-state index in [9.17, 15) is 4.79 Å². The number of amides is 1. The molecule has 0 spiro atoms. The summed E-state index contributed by atoms with van der Waals surface area (Å²) in [5.41, 5.74) is 4.19. The number of hydrogen-bond acceptors (Lipinski definition) is 5. The van der Waals surface area contributed by atoms with Gasteiger partial charge in [-0.3, -0.25) is 4.79 Å². The number of aryl methyl sites for hydroxylation is 1. The van der Waals surface area contributed by atoms with E-state index in [1.807, 2.05) is 61.7 Å². The Morgan fingerprint density at radius 1 is 1.14 bits per heavy atom. The topological polar surface area (TPSA) is 60.5 Å². The number of rotatable bonds is 8. The van der Waals surface area contributed by atoms with Gasteiger partial charge < -0.3 is 14.8 Å². The molecule has 6 heteroatoms. The third-order valence-electron chi connectivity index (χ3n) is 4.51. The van der Waals surface area contributed by atoms with Crippen molar-refractivity contribution >= 4 is 17.2 Å². The molecule has 5 nitrogen and oxygen atoms in total. The van der Waals surface area contributed by atoms with Crippen LogP contribution >= 0.6 is 11.3 Å². The molecule has 0 bridgehead atoms. The van der Waals surface area contributed by atoms with Crippen molar-refractivity contribution in [1.82, 2.24) is 10.3 Å². The van der Waals surface area contributed by atoms with Gasteiger partial charge in [0.15, 0.2) is 6.61 Å². The molecular weight excluding hydrogens is 372 g/mol. The predicted octanol–water partition coefficient (Wildman–Crippen LogP) is 4.17.